The van der Waals surface area contributed by atoms with Crippen LogP contribution < -0.4 is 10.6 Å². The van der Waals surface area contributed by atoms with Gasteiger partial charge in [-0.2, -0.15) is 0 Å². The number of halogens is 2. The lowest BCUT2D eigenvalue weighted by Gasteiger charge is -2.13. The van der Waals surface area contributed by atoms with Gasteiger partial charge >= 0.3 is 0 Å². The van der Waals surface area contributed by atoms with E-state index in [9.17, 15) is 4.79 Å². The number of carbonyl (C=O) groups is 1. The molecule has 0 spiro atoms. The summed E-state index contributed by atoms with van der Waals surface area (Å²) < 4.78 is 0. The van der Waals surface area contributed by atoms with E-state index in [-0.39, 0.29) is 11.9 Å². The SMILES string of the molecule is Cc1ccc(C)c(NC(=O)C[NH2+][C@@H](C)c2ccc(Cl)cc2Cl)c1. The molecule has 0 fully saturated rings. The summed E-state index contributed by atoms with van der Waals surface area (Å²) in [6.45, 7) is 6.33. The molecule has 2 rings (SSSR count). The Kier molecular flexibility index (Phi) is 6.05. The second-order valence-electron chi connectivity index (χ2n) is 5.76. The molecule has 1 amide bonds. The average Bonchev–Trinajstić information content (AvgIpc) is 2.48. The van der Waals surface area contributed by atoms with Gasteiger partial charge in [0.25, 0.3) is 5.91 Å². The first kappa shape index (κ1) is 17.8. The van der Waals surface area contributed by atoms with E-state index in [0.717, 1.165) is 22.4 Å². The van der Waals surface area contributed by atoms with Gasteiger partial charge in [-0.3, -0.25) is 4.79 Å². The molecule has 23 heavy (non-hydrogen) atoms. The standard InChI is InChI=1S/C18H20Cl2N2O/c1-11-4-5-12(2)17(8-11)22-18(23)10-21-13(3)15-7-6-14(19)9-16(15)20/h4-9,13,21H,10H2,1-3H3,(H,22,23)/p+1/t13-/m0/s1. The van der Waals surface area contributed by atoms with E-state index in [4.69, 9.17) is 23.2 Å². The number of quaternary nitrogens is 1. The summed E-state index contributed by atoms with van der Waals surface area (Å²) in [5.41, 5.74) is 4.00. The molecule has 0 aliphatic rings. The predicted molar refractivity (Wildman–Crippen MR) is 96.2 cm³/mol. The molecule has 0 unspecified atom stereocenters. The Labute approximate surface area is 147 Å². The minimum absolute atomic E-state index is 0.0318. The fourth-order valence-corrected chi connectivity index (χ4v) is 2.93. The Morgan fingerprint density at radius 1 is 1.17 bits per heavy atom. The topological polar surface area (TPSA) is 45.7 Å². The molecule has 0 aliphatic heterocycles. The zero-order valence-electron chi connectivity index (χ0n) is 13.5. The minimum Gasteiger partial charge on any atom is -0.332 e. The summed E-state index contributed by atoms with van der Waals surface area (Å²) in [6, 6.07) is 11.5. The zero-order chi connectivity index (χ0) is 17.0. The van der Waals surface area contributed by atoms with Gasteiger partial charge < -0.3 is 10.6 Å². The predicted octanol–water partition coefficient (Wildman–Crippen LogP) is 3.87. The van der Waals surface area contributed by atoms with E-state index in [1.807, 2.05) is 56.4 Å². The number of carbonyl (C=O) groups excluding carboxylic acids is 1. The van der Waals surface area contributed by atoms with Crippen LogP contribution in [0.25, 0.3) is 0 Å². The number of aryl methyl sites for hydroxylation is 2. The van der Waals surface area contributed by atoms with E-state index >= 15 is 0 Å². The number of hydrogen-bond acceptors (Lipinski definition) is 1. The smallest absolute Gasteiger partial charge is 0.279 e. The Hall–Kier alpha value is -1.55. The number of amides is 1. The van der Waals surface area contributed by atoms with E-state index in [1.165, 1.54) is 0 Å². The van der Waals surface area contributed by atoms with E-state index in [1.54, 1.807) is 6.07 Å². The summed E-state index contributed by atoms with van der Waals surface area (Å²) >= 11 is 12.1. The maximum atomic E-state index is 12.2. The molecule has 2 aromatic rings. The molecule has 0 radical (unpaired) electrons. The fraction of sp³-hybridized carbons (Fsp3) is 0.278. The van der Waals surface area contributed by atoms with Crippen LogP contribution in [-0.4, -0.2) is 12.5 Å². The number of benzene rings is 2. The van der Waals surface area contributed by atoms with Gasteiger partial charge in [0.2, 0.25) is 0 Å². The maximum Gasteiger partial charge on any atom is 0.279 e. The van der Waals surface area contributed by atoms with Crippen molar-refractivity contribution >= 4 is 34.8 Å². The van der Waals surface area contributed by atoms with Crippen LogP contribution >= 0.6 is 23.2 Å². The third-order valence-electron chi connectivity index (χ3n) is 3.78. The highest BCUT2D eigenvalue weighted by Gasteiger charge is 2.15. The summed E-state index contributed by atoms with van der Waals surface area (Å²) in [7, 11) is 0. The molecule has 5 heteroatoms. The summed E-state index contributed by atoms with van der Waals surface area (Å²) in [5, 5.41) is 6.14. The zero-order valence-corrected chi connectivity index (χ0v) is 15.0. The van der Waals surface area contributed by atoms with E-state index in [0.29, 0.717) is 16.6 Å². The van der Waals surface area contributed by atoms with Crippen LogP contribution in [-0.2, 0) is 4.79 Å². The Balaban J connectivity index is 1.94. The minimum atomic E-state index is -0.0318. The van der Waals surface area contributed by atoms with Crippen molar-refractivity contribution in [2.45, 2.75) is 26.8 Å². The van der Waals surface area contributed by atoms with Gasteiger partial charge in [-0.25, -0.2) is 0 Å². The van der Waals surface area contributed by atoms with Crippen molar-refractivity contribution in [1.29, 1.82) is 0 Å². The van der Waals surface area contributed by atoms with Crippen LogP contribution in [0, 0.1) is 13.8 Å². The summed E-state index contributed by atoms with van der Waals surface area (Å²) in [6.07, 6.45) is 0. The second-order valence-corrected chi connectivity index (χ2v) is 6.60. The monoisotopic (exact) mass is 351 g/mol. The number of nitrogens with two attached hydrogens (primary N) is 1. The molecule has 122 valence electrons. The van der Waals surface area contributed by atoms with Crippen LogP contribution in [0.2, 0.25) is 10.0 Å². The van der Waals surface area contributed by atoms with Crippen molar-refractivity contribution in [3.05, 3.63) is 63.1 Å². The van der Waals surface area contributed by atoms with Gasteiger partial charge in [0, 0.05) is 16.3 Å². The molecule has 0 aromatic heterocycles. The van der Waals surface area contributed by atoms with Gasteiger partial charge in [0.05, 0.1) is 5.02 Å². The first-order valence-electron chi connectivity index (χ1n) is 7.52. The third kappa shape index (κ3) is 4.96. The number of rotatable bonds is 5. The summed E-state index contributed by atoms with van der Waals surface area (Å²) in [5.74, 6) is -0.0318. The van der Waals surface area contributed by atoms with Gasteiger partial charge in [0.15, 0.2) is 6.54 Å². The molecule has 0 saturated heterocycles. The highest BCUT2D eigenvalue weighted by Crippen LogP contribution is 2.24. The number of anilines is 1. The third-order valence-corrected chi connectivity index (χ3v) is 4.34. The molecular formula is C18H21Cl2N2O+. The average molecular weight is 352 g/mol. The van der Waals surface area contributed by atoms with E-state index in [2.05, 4.69) is 5.32 Å². The molecule has 2 aromatic carbocycles. The normalized spacial score (nSPS) is 12.0. The first-order valence-corrected chi connectivity index (χ1v) is 8.28. The molecule has 0 saturated carbocycles. The van der Waals surface area contributed by atoms with Crippen LogP contribution in [0.3, 0.4) is 0 Å². The quantitative estimate of drug-likeness (QED) is 0.843. The molecular weight excluding hydrogens is 331 g/mol. The highest BCUT2D eigenvalue weighted by molar-refractivity contribution is 6.35. The van der Waals surface area contributed by atoms with Gasteiger partial charge in [-0.1, -0.05) is 41.4 Å². The van der Waals surface area contributed by atoms with Crippen molar-refractivity contribution in [1.82, 2.24) is 0 Å². The van der Waals surface area contributed by atoms with Gasteiger partial charge in [-0.05, 0) is 50.1 Å². The molecule has 3 nitrogen and oxygen atoms in total. The Bertz CT molecular complexity index is 716. The van der Waals surface area contributed by atoms with Crippen LogP contribution in [0.15, 0.2) is 36.4 Å². The van der Waals surface area contributed by atoms with Crippen molar-refractivity contribution < 1.29 is 10.1 Å². The second kappa shape index (κ2) is 7.82. The number of nitrogens with one attached hydrogen (secondary N) is 1. The van der Waals surface area contributed by atoms with Crippen LogP contribution in [0.1, 0.15) is 29.7 Å². The summed E-state index contributed by atoms with van der Waals surface area (Å²) in [4.78, 5) is 12.2. The van der Waals surface area contributed by atoms with Crippen LogP contribution in [0.5, 0.6) is 0 Å². The lowest BCUT2D eigenvalue weighted by molar-refractivity contribution is -0.682. The molecule has 1 atom stereocenters. The van der Waals surface area contributed by atoms with Crippen molar-refractivity contribution in [2.75, 3.05) is 11.9 Å². The Morgan fingerprint density at radius 2 is 1.91 bits per heavy atom. The van der Waals surface area contributed by atoms with E-state index < -0.39 is 0 Å². The maximum absolute atomic E-state index is 12.2. The fourth-order valence-electron chi connectivity index (χ4n) is 2.35. The lowest BCUT2D eigenvalue weighted by Crippen LogP contribution is -2.86. The molecule has 3 N–H and O–H groups in total. The van der Waals surface area contributed by atoms with Crippen molar-refractivity contribution in [3.8, 4) is 0 Å². The molecule has 0 aliphatic carbocycles. The highest BCUT2D eigenvalue weighted by atomic mass is 35.5. The molecule has 0 heterocycles. The van der Waals surface area contributed by atoms with Crippen molar-refractivity contribution in [3.63, 3.8) is 0 Å². The molecule has 0 bridgehead atoms. The van der Waals surface area contributed by atoms with Crippen LogP contribution in [0.4, 0.5) is 5.69 Å². The lowest BCUT2D eigenvalue weighted by atomic mass is 10.1. The van der Waals surface area contributed by atoms with Gasteiger partial charge in [0.1, 0.15) is 6.04 Å². The van der Waals surface area contributed by atoms with Gasteiger partial charge in [-0.15, -0.1) is 0 Å². The Morgan fingerprint density at radius 3 is 2.61 bits per heavy atom. The van der Waals surface area contributed by atoms with Crippen molar-refractivity contribution in [2.24, 2.45) is 0 Å². The number of hydrogen-bond donors (Lipinski definition) is 2. The largest absolute Gasteiger partial charge is 0.332 e. The first-order chi connectivity index (χ1) is 10.9.